The van der Waals surface area contributed by atoms with Gasteiger partial charge < -0.3 is 4.79 Å². The third-order valence-corrected chi connectivity index (χ3v) is 4.07. The molecule has 1 aromatic rings. The van der Waals surface area contributed by atoms with Crippen LogP contribution in [0.1, 0.15) is 12.5 Å². The lowest BCUT2D eigenvalue weighted by molar-refractivity contribution is -0.107. The van der Waals surface area contributed by atoms with Crippen molar-refractivity contribution in [2.75, 3.05) is 0 Å². The van der Waals surface area contributed by atoms with Crippen molar-refractivity contribution in [3.05, 3.63) is 33.8 Å². The number of alkyl halides is 1. The van der Waals surface area contributed by atoms with Gasteiger partial charge >= 0.3 is 0 Å². The van der Waals surface area contributed by atoms with E-state index in [0.717, 1.165) is 18.3 Å². The Bertz CT molecular complexity index is 354. The normalized spacial score (nSPS) is 14.7. The predicted molar refractivity (Wildman–Crippen MR) is 68.1 cm³/mol. The van der Waals surface area contributed by atoms with E-state index in [1.807, 2.05) is 19.1 Å². The van der Waals surface area contributed by atoms with E-state index in [0.29, 0.717) is 10.0 Å². The second-order valence-electron chi connectivity index (χ2n) is 3.51. The molecule has 2 unspecified atom stereocenters. The SMILES string of the molecule is CC(Cc1ccc(Cl)c(Cl)c1)C(Br)C=O. The van der Waals surface area contributed by atoms with E-state index in [2.05, 4.69) is 15.9 Å². The van der Waals surface area contributed by atoms with Crippen LogP contribution < -0.4 is 0 Å². The fourth-order valence-electron chi connectivity index (χ4n) is 1.29. The number of benzene rings is 1. The van der Waals surface area contributed by atoms with Gasteiger partial charge in [0.2, 0.25) is 0 Å². The molecule has 0 aliphatic carbocycles. The Morgan fingerprint density at radius 3 is 2.60 bits per heavy atom. The first-order valence-corrected chi connectivity index (χ1v) is 6.25. The largest absolute Gasteiger partial charge is 0.302 e. The Balaban J connectivity index is 2.72. The highest BCUT2D eigenvalue weighted by atomic mass is 79.9. The lowest BCUT2D eigenvalue weighted by Crippen LogP contribution is -2.14. The summed E-state index contributed by atoms with van der Waals surface area (Å²) in [6, 6.07) is 5.54. The molecule has 0 spiro atoms. The Morgan fingerprint density at radius 2 is 2.07 bits per heavy atom. The molecule has 0 saturated carbocycles. The Kier molecular flexibility index (Phi) is 5.10. The highest BCUT2D eigenvalue weighted by molar-refractivity contribution is 9.09. The lowest BCUT2D eigenvalue weighted by Gasteiger charge is -2.13. The first kappa shape index (κ1) is 13.0. The standard InChI is InChI=1S/C11H11BrCl2O/c1-7(9(12)6-15)4-8-2-3-10(13)11(14)5-8/h2-3,5-7,9H,4H2,1H3. The summed E-state index contributed by atoms with van der Waals surface area (Å²) in [5, 5.41) is 1.11. The molecule has 1 nitrogen and oxygen atoms in total. The molecular formula is C11H11BrCl2O. The predicted octanol–water partition coefficient (Wildman–Crippen LogP) is 4.13. The summed E-state index contributed by atoms with van der Waals surface area (Å²) in [4.78, 5) is 10.4. The fraction of sp³-hybridized carbons (Fsp3) is 0.364. The quantitative estimate of drug-likeness (QED) is 0.603. The number of hydrogen-bond acceptors (Lipinski definition) is 1. The van der Waals surface area contributed by atoms with Crippen LogP contribution in [0, 0.1) is 5.92 Å². The summed E-state index contributed by atoms with van der Waals surface area (Å²) in [6.45, 7) is 2.01. The minimum absolute atomic E-state index is 0.119. The topological polar surface area (TPSA) is 17.1 Å². The third kappa shape index (κ3) is 3.78. The highest BCUT2D eigenvalue weighted by Crippen LogP contribution is 2.25. The van der Waals surface area contributed by atoms with Crippen LogP contribution in [-0.2, 0) is 11.2 Å². The van der Waals surface area contributed by atoms with E-state index in [4.69, 9.17) is 23.2 Å². The van der Waals surface area contributed by atoms with Crippen molar-refractivity contribution < 1.29 is 4.79 Å². The Hall–Kier alpha value is -0.0500. The van der Waals surface area contributed by atoms with Gasteiger partial charge in [0.15, 0.2) is 0 Å². The summed E-state index contributed by atoms with van der Waals surface area (Å²) in [7, 11) is 0. The minimum atomic E-state index is -0.119. The summed E-state index contributed by atoms with van der Waals surface area (Å²) < 4.78 is 0. The summed E-state index contributed by atoms with van der Waals surface area (Å²) >= 11 is 15.0. The van der Waals surface area contributed by atoms with Crippen molar-refractivity contribution in [1.29, 1.82) is 0 Å². The average molecular weight is 310 g/mol. The molecule has 1 aromatic carbocycles. The van der Waals surface area contributed by atoms with Crippen LogP contribution in [0.25, 0.3) is 0 Å². The highest BCUT2D eigenvalue weighted by Gasteiger charge is 2.13. The molecule has 0 fully saturated rings. The van der Waals surface area contributed by atoms with Crippen LogP contribution >= 0.6 is 39.1 Å². The minimum Gasteiger partial charge on any atom is -0.302 e. The second-order valence-corrected chi connectivity index (χ2v) is 5.38. The zero-order chi connectivity index (χ0) is 11.4. The molecule has 1 rings (SSSR count). The summed E-state index contributed by atoms with van der Waals surface area (Å²) in [6.07, 6.45) is 1.70. The number of halogens is 3. The first-order chi connectivity index (χ1) is 7.04. The van der Waals surface area contributed by atoms with Gasteiger partial charge in [0.25, 0.3) is 0 Å². The molecule has 82 valence electrons. The molecule has 0 aliphatic rings. The maximum absolute atomic E-state index is 10.6. The molecule has 0 aromatic heterocycles. The number of carbonyl (C=O) groups excluding carboxylic acids is 1. The van der Waals surface area contributed by atoms with Crippen molar-refractivity contribution in [2.24, 2.45) is 5.92 Å². The van der Waals surface area contributed by atoms with Gasteiger partial charge in [-0.2, -0.15) is 0 Å². The monoisotopic (exact) mass is 308 g/mol. The first-order valence-electron chi connectivity index (χ1n) is 4.58. The molecule has 4 heteroatoms. The van der Waals surface area contributed by atoms with Gasteiger partial charge in [0, 0.05) is 0 Å². The van der Waals surface area contributed by atoms with E-state index in [9.17, 15) is 4.79 Å². The maximum atomic E-state index is 10.6. The summed E-state index contributed by atoms with van der Waals surface area (Å²) in [5.41, 5.74) is 1.09. The van der Waals surface area contributed by atoms with Crippen molar-refractivity contribution in [3.8, 4) is 0 Å². The molecule has 0 saturated heterocycles. The van der Waals surface area contributed by atoms with E-state index < -0.39 is 0 Å². The van der Waals surface area contributed by atoms with Gasteiger partial charge in [0.1, 0.15) is 6.29 Å². The average Bonchev–Trinajstić information content (AvgIpc) is 2.22. The van der Waals surface area contributed by atoms with Gasteiger partial charge in [-0.15, -0.1) is 0 Å². The molecule has 15 heavy (non-hydrogen) atoms. The van der Waals surface area contributed by atoms with Crippen LogP contribution in [0.5, 0.6) is 0 Å². The molecule has 2 atom stereocenters. The Labute approximate surface area is 108 Å². The molecule has 0 N–H and O–H groups in total. The van der Waals surface area contributed by atoms with Gasteiger partial charge in [-0.05, 0) is 30.0 Å². The number of hydrogen-bond donors (Lipinski definition) is 0. The second kappa shape index (κ2) is 5.88. The van der Waals surface area contributed by atoms with Gasteiger partial charge in [-0.3, -0.25) is 0 Å². The van der Waals surface area contributed by atoms with Crippen LogP contribution in [0.3, 0.4) is 0 Å². The van der Waals surface area contributed by atoms with E-state index in [1.54, 1.807) is 6.07 Å². The number of rotatable bonds is 4. The van der Waals surface area contributed by atoms with Crippen LogP contribution in [-0.4, -0.2) is 11.1 Å². The zero-order valence-corrected chi connectivity index (χ0v) is 11.3. The van der Waals surface area contributed by atoms with Gasteiger partial charge in [0.05, 0.1) is 14.9 Å². The number of aldehydes is 1. The van der Waals surface area contributed by atoms with E-state index in [-0.39, 0.29) is 10.7 Å². The molecule has 0 aliphatic heterocycles. The van der Waals surface area contributed by atoms with Gasteiger partial charge in [-0.25, -0.2) is 0 Å². The van der Waals surface area contributed by atoms with Crippen molar-refractivity contribution in [3.63, 3.8) is 0 Å². The Morgan fingerprint density at radius 1 is 1.40 bits per heavy atom. The van der Waals surface area contributed by atoms with Crippen LogP contribution in [0.4, 0.5) is 0 Å². The lowest BCUT2D eigenvalue weighted by atomic mass is 9.99. The van der Waals surface area contributed by atoms with Crippen LogP contribution in [0.2, 0.25) is 10.0 Å². The maximum Gasteiger partial charge on any atom is 0.133 e. The molecule has 0 heterocycles. The fourth-order valence-corrected chi connectivity index (χ4v) is 1.79. The molecule has 0 radical (unpaired) electrons. The van der Waals surface area contributed by atoms with Crippen molar-refractivity contribution >= 4 is 45.4 Å². The molecule has 0 amide bonds. The number of carbonyl (C=O) groups is 1. The molecular weight excluding hydrogens is 299 g/mol. The van der Waals surface area contributed by atoms with E-state index >= 15 is 0 Å². The van der Waals surface area contributed by atoms with E-state index in [1.165, 1.54) is 0 Å². The van der Waals surface area contributed by atoms with Gasteiger partial charge in [-0.1, -0.05) is 52.1 Å². The molecule has 0 bridgehead atoms. The summed E-state index contributed by atoms with van der Waals surface area (Å²) in [5.74, 6) is 0.236. The van der Waals surface area contributed by atoms with Crippen molar-refractivity contribution in [2.45, 2.75) is 18.2 Å². The third-order valence-electron chi connectivity index (χ3n) is 2.22. The smallest absolute Gasteiger partial charge is 0.133 e. The zero-order valence-electron chi connectivity index (χ0n) is 8.21. The van der Waals surface area contributed by atoms with Crippen LogP contribution in [0.15, 0.2) is 18.2 Å². The van der Waals surface area contributed by atoms with Crippen molar-refractivity contribution in [1.82, 2.24) is 0 Å².